The van der Waals surface area contributed by atoms with Crippen molar-refractivity contribution in [1.82, 2.24) is 4.90 Å². The molecule has 3 rings (SSSR count). The lowest BCUT2D eigenvalue weighted by molar-refractivity contribution is -0.100. The molecule has 0 radical (unpaired) electrons. The van der Waals surface area contributed by atoms with Crippen LogP contribution < -0.4 is 0 Å². The van der Waals surface area contributed by atoms with E-state index in [1.54, 1.807) is 0 Å². The topological polar surface area (TPSA) is 38.8 Å². The second-order valence-corrected chi connectivity index (χ2v) is 5.99. The molecule has 2 saturated heterocycles. The summed E-state index contributed by atoms with van der Waals surface area (Å²) in [6.45, 7) is 6.10. The highest BCUT2D eigenvalue weighted by molar-refractivity contribution is 5.96. The Bertz CT molecular complexity index is 523. The van der Waals surface area contributed by atoms with E-state index in [0.29, 0.717) is 13.2 Å². The Kier molecular flexibility index (Phi) is 4.27. The summed E-state index contributed by atoms with van der Waals surface area (Å²) in [5, 5.41) is 0. The monoisotopic (exact) mass is 289 g/mol. The van der Waals surface area contributed by atoms with Gasteiger partial charge in [-0.25, -0.2) is 0 Å². The van der Waals surface area contributed by atoms with E-state index >= 15 is 0 Å². The highest BCUT2D eigenvalue weighted by Crippen LogP contribution is 2.26. The minimum absolute atomic E-state index is 0.0504. The van der Waals surface area contributed by atoms with Crippen LogP contribution in [0.5, 0.6) is 0 Å². The number of likely N-dealkylation sites (tertiary alicyclic amines) is 1. The lowest BCUT2D eigenvalue weighted by atomic mass is 9.98. The third-order valence-corrected chi connectivity index (χ3v) is 4.38. The van der Waals surface area contributed by atoms with Gasteiger partial charge < -0.3 is 14.4 Å². The van der Waals surface area contributed by atoms with E-state index in [4.69, 9.17) is 9.47 Å². The van der Waals surface area contributed by atoms with Gasteiger partial charge in [-0.1, -0.05) is 17.7 Å². The molecule has 2 aliphatic heterocycles. The zero-order valence-electron chi connectivity index (χ0n) is 12.8. The van der Waals surface area contributed by atoms with Crippen molar-refractivity contribution in [3.05, 3.63) is 34.9 Å². The van der Waals surface area contributed by atoms with Gasteiger partial charge in [0.15, 0.2) is 6.29 Å². The molecule has 21 heavy (non-hydrogen) atoms. The van der Waals surface area contributed by atoms with Crippen molar-refractivity contribution in [2.45, 2.75) is 45.4 Å². The van der Waals surface area contributed by atoms with Crippen LogP contribution in [0.3, 0.4) is 0 Å². The maximum Gasteiger partial charge on any atom is 0.254 e. The highest BCUT2D eigenvalue weighted by Gasteiger charge is 2.36. The minimum Gasteiger partial charge on any atom is -0.348 e. The van der Waals surface area contributed by atoms with Gasteiger partial charge in [0.2, 0.25) is 0 Å². The van der Waals surface area contributed by atoms with E-state index in [9.17, 15) is 4.79 Å². The molecule has 0 spiro atoms. The summed E-state index contributed by atoms with van der Waals surface area (Å²) in [6, 6.07) is 6.06. The van der Waals surface area contributed by atoms with Crippen molar-refractivity contribution in [3.8, 4) is 0 Å². The van der Waals surface area contributed by atoms with E-state index in [2.05, 4.69) is 6.07 Å². The van der Waals surface area contributed by atoms with Crippen LogP contribution in [-0.4, -0.2) is 42.9 Å². The van der Waals surface area contributed by atoms with Crippen molar-refractivity contribution in [2.24, 2.45) is 0 Å². The highest BCUT2D eigenvalue weighted by atomic mass is 16.7. The number of carbonyl (C=O) groups is 1. The van der Waals surface area contributed by atoms with Crippen LogP contribution in [0.15, 0.2) is 18.2 Å². The van der Waals surface area contributed by atoms with Crippen molar-refractivity contribution in [1.29, 1.82) is 0 Å². The van der Waals surface area contributed by atoms with Gasteiger partial charge in [0.05, 0.1) is 19.3 Å². The molecule has 0 aromatic heterocycles. The maximum absolute atomic E-state index is 12.9. The summed E-state index contributed by atoms with van der Waals surface area (Å²) in [4.78, 5) is 14.9. The second kappa shape index (κ2) is 6.16. The van der Waals surface area contributed by atoms with Gasteiger partial charge in [-0.3, -0.25) is 4.79 Å². The first-order valence-corrected chi connectivity index (χ1v) is 7.78. The van der Waals surface area contributed by atoms with Gasteiger partial charge in [0.25, 0.3) is 5.91 Å². The number of ether oxygens (including phenoxy) is 2. The van der Waals surface area contributed by atoms with Gasteiger partial charge in [-0.15, -0.1) is 0 Å². The molecule has 1 aromatic rings. The van der Waals surface area contributed by atoms with Gasteiger partial charge in [0.1, 0.15) is 0 Å². The lowest BCUT2D eigenvalue weighted by Crippen LogP contribution is -2.50. The fourth-order valence-electron chi connectivity index (χ4n) is 3.30. The Morgan fingerprint density at radius 1 is 1.19 bits per heavy atom. The van der Waals surface area contributed by atoms with Crippen LogP contribution in [-0.2, 0) is 9.47 Å². The molecule has 1 atom stereocenters. The molecule has 2 heterocycles. The second-order valence-electron chi connectivity index (χ2n) is 5.99. The molecule has 0 aliphatic carbocycles. The number of rotatable bonds is 2. The molecule has 114 valence electrons. The number of benzene rings is 1. The van der Waals surface area contributed by atoms with Gasteiger partial charge in [-0.05, 0) is 44.7 Å². The zero-order chi connectivity index (χ0) is 14.8. The average Bonchev–Trinajstić information content (AvgIpc) is 3.01. The summed E-state index contributed by atoms with van der Waals surface area (Å²) in [6.07, 6.45) is 2.89. The van der Waals surface area contributed by atoms with Crippen molar-refractivity contribution < 1.29 is 14.3 Å². The Labute approximate surface area is 126 Å². The van der Waals surface area contributed by atoms with Crippen LogP contribution in [0.4, 0.5) is 0 Å². The summed E-state index contributed by atoms with van der Waals surface area (Å²) < 4.78 is 11.3. The maximum atomic E-state index is 12.9. The Morgan fingerprint density at radius 2 is 1.95 bits per heavy atom. The number of amides is 1. The third kappa shape index (κ3) is 2.97. The molecule has 0 N–H and O–H groups in total. The van der Waals surface area contributed by atoms with Crippen LogP contribution in [0.2, 0.25) is 0 Å². The predicted octanol–water partition coefficient (Wildman–Crippen LogP) is 2.67. The SMILES string of the molecule is Cc1ccc(C(=O)N2CCCC[C@@H]2C2OCCO2)c(C)c1. The first-order valence-electron chi connectivity index (χ1n) is 7.78. The Balaban J connectivity index is 1.83. The predicted molar refractivity (Wildman–Crippen MR) is 80.3 cm³/mol. The number of hydrogen-bond acceptors (Lipinski definition) is 3. The molecular weight excluding hydrogens is 266 g/mol. The molecule has 1 aromatic carbocycles. The standard InChI is InChI=1S/C17H23NO3/c1-12-6-7-14(13(2)11-12)16(19)18-8-4-3-5-15(18)17-20-9-10-21-17/h6-7,11,15,17H,3-5,8-10H2,1-2H3/t15-/m1/s1. The number of nitrogens with zero attached hydrogens (tertiary/aromatic N) is 1. The normalized spacial score (nSPS) is 23.5. The van der Waals surface area contributed by atoms with Crippen LogP contribution in [0.25, 0.3) is 0 Å². The van der Waals surface area contributed by atoms with E-state index in [1.807, 2.05) is 30.9 Å². The van der Waals surface area contributed by atoms with Crippen LogP contribution in [0, 0.1) is 13.8 Å². The average molecular weight is 289 g/mol. The molecule has 1 amide bonds. The van der Waals surface area contributed by atoms with E-state index in [1.165, 1.54) is 5.56 Å². The van der Waals surface area contributed by atoms with Crippen molar-refractivity contribution >= 4 is 5.91 Å². The minimum atomic E-state index is -0.250. The van der Waals surface area contributed by atoms with Crippen LogP contribution >= 0.6 is 0 Å². The largest absolute Gasteiger partial charge is 0.348 e. The summed E-state index contributed by atoms with van der Waals surface area (Å²) in [5.41, 5.74) is 3.02. The van der Waals surface area contributed by atoms with Crippen LogP contribution in [0.1, 0.15) is 40.7 Å². The number of carbonyl (C=O) groups excluding carboxylic acids is 1. The molecule has 0 bridgehead atoms. The molecule has 0 saturated carbocycles. The van der Waals surface area contributed by atoms with Crippen molar-refractivity contribution in [2.75, 3.05) is 19.8 Å². The van der Waals surface area contributed by atoms with Crippen molar-refractivity contribution in [3.63, 3.8) is 0 Å². The molecule has 0 unspecified atom stereocenters. The first kappa shape index (κ1) is 14.5. The summed E-state index contributed by atoms with van der Waals surface area (Å²) in [5.74, 6) is 0.108. The lowest BCUT2D eigenvalue weighted by Gasteiger charge is -2.38. The molecule has 2 fully saturated rings. The van der Waals surface area contributed by atoms with E-state index in [0.717, 1.165) is 36.9 Å². The van der Waals surface area contributed by atoms with Gasteiger partial charge in [0, 0.05) is 12.1 Å². The molecule has 4 heteroatoms. The fourth-order valence-corrected chi connectivity index (χ4v) is 3.30. The number of aryl methyl sites for hydroxylation is 2. The molecular formula is C17H23NO3. The number of piperidine rings is 1. The Hall–Kier alpha value is -1.39. The zero-order valence-corrected chi connectivity index (χ0v) is 12.8. The fraction of sp³-hybridized carbons (Fsp3) is 0.588. The smallest absolute Gasteiger partial charge is 0.254 e. The van der Waals surface area contributed by atoms with Gasteiger partial charge >= 0.3 is 0 Å². The molecule has 4 nitrogen and oxygen atoms in total. The molecule has 2 aliphatic rings. The first-order chi connectivity index (χ1) is 10.2. The third-order valence-electron chi connectivity index (χ3n) is 4.38. The van der Waals surface area contributed by atoms with E-state index in [-0.39, 0.29) is 18.2 Å². The van der Waals surface area contributed by atoms with E-state index < -0.39 is 0 Å². The van der Waals surface area contributed by atoms with Gasteiger partial charge in [-0.2, -0.15) is 0 Å². The summed E-state index contributed by atoms with van der Waals surface area (Å²) in [7, 11) is 0. The quantitative estimate of drug-likeness (QED) is 0.840. The number of hydrogen-bond donors (Lipinski definition) is 0. The Morgan fingerprint density at radius 3 is 2.67 bits per heavy atom. The summed E-state index contributed by atoms with van der Waals surface area (Å²) >= 11 is 0.